The number of nitrogens with one attached hydrogen (secondary N) is 2. The van der Waals surface area contributed by atoms with Crippen molar-refractivity contribution in [2.75, 3.05) is 11.9 Å². The van der Waals surface area contributed by atoms with Crippen LogP contribution < -0.4 is 10.6 Å². The zero-order valence-corrected chi connectivity index (χ0v) is 9.97. The molecule has 0 spiro atoms. The van der Waals surface area contributed by atoms with Gasteiger partial charge in [-0.1, -0.05) is 0 Å². The van der Waals surface area contributed by atoms with E-state index in [0.717, 1.165) is 4.47 Å². The Morgan fingerprint density at radius 1 is 1.67 bits per heavy atom. The van der Waals surface area contributed by atoms with Gasteiger partial charge in [-0.15, -0.1) is 0 Å². The van der Waals surface area contributed by atoms with Crippen LogP contribution >= 0.6 is 27.5 Å². The van der Waals surface area contributed by atoms with Gasteiger partial charge in [-0.2, -0.15) is 4.98 Å². The fourth-order valence-corrected chi connectivity index (χ4v) is 1.79. The highest BCUT2D eigenvalue weighted by Gasteiger charge is 2.22. The highest BCUT2D eigenvalue weighted by molar-refractivity contribution is 9.10. The molecule has 2 heterocycles. The Hall–Kier alpha value is -0.880. The maximum Gasteiger partial charge on any atom is 0.224 e. The monoisotopic (exact) mass is 290 g/mol. The molecule has 0 saturated carbocycles. The van der Waals surface area contributed by atoms with E-state index in [1.165, 1.54) is 0 Å². The van der Waals surface area contributed by atoms with Crippen molar-refractivity contribution < 1.29 is 4.79 Å². The summed E-state index contributed by atoms with van der Waals surface area (Å²) >= 11 is 8.97. The van der Waals surface area contributed by atoms with E-state index in [4.69, 9.17) is 11.6 Å². The van der Waals surface area contributed by atoms with E-state index in [9.17, 15) is 4.79 Å². The van der Waals surface area contributed by atoms with Gasteiger partial charge in [0.05, 0.1) is 10.5 Å². The molecule has 5 nitrogen and oxygen atoms in total. The molecule has 1 aromatic heterocycles. The third-order valence-corrected chi connectivity index (χ3v) is 2.80. The molecular formula is C8H8BrClN4O. The lowest BCUT2D eigenvalue weighted by Crippen LogP contribution is -2.23. The molecule has 1 saturated heterocycles. The van der Waals surface area contributed by atoms with Gasteiger partial charge in [0, 0.05) is 19.2 Å². The van der Waals surface area contributed by atoms with E-state index in [2.05, 4.69) is 36.5 Å². The Kier molecular flexibility index (Phi) is 3.06. The smallest absolute Gasteiger partial charge is 0.224 e. The molecular weight excluding hydrogens is 283 g/mol. The van der Waals surface area contributed by atoms with Crippen LogP contribution in [0, 0.1) is 0 Å². The number of carbonyl (C=O) groups excluding carboxylic acids is 1. The quantitative estimate of drug-likeness (QED) is 0.803. The van der Waals surface area contributed by atoms with Crippen LogP contribution in [-0.2, 0) is 4.79 Å². The number of rotatable bonds is 2. The Labute approximate surface area is 99.8 Å². The minimum atomic E-state index is 0.0452. The topological polar surface area (TPSA) is 66.9 Å². The predicted octanol–water partition coefficient (Wildman–Crippen LogP) is 1.19. The number of carbonyl (C=O) groups is 1. The molecule has 1 fully saturated rings. The second kappa shape index (κ2) is 4.32. The molecule has 80 valence electrons. The summed E-state index contributed by atoms with van der Waals surface area (Å²) in [5.74, 6) is 0.653. The van der Waals surface area contributed by atoms with Gasteiger partial charge >= 0.3 is 0 Å². The van der Waals surface area contributed by atoms with Crippen molar-refractivity contribution in [3.8, 4) is 0 Å². The van der Waals surface area contributed by atoms with Crippen molar-refractivity contribution in [1.29, 1.82) is 0 Å². The van der Waals surface area contributed by atoms with Crippen molar-refractivity contribution in [3.05, 3.63) is 16.0 Å². The van der Waals surface area contributed by atoms with Crippen LogP contribution in [0.3, 0.4) is 0 Å². The number of anilines is 1. The summed E-state index contributed by atoms with van der Waals surface area (Å²) in [6.45, 7) is 0.604. The molecule has 15 heavy (non-hydrogen) atoms. The second-order valence-electron chi connectivity index (χ2n) is 3.19. The van der Waals surface area contributed by atoms with Gasteiger partial charge in [-0.05, 0) is 27.5 Å². The lowest BCUT2D eigenvalue weighted by atomic mass is 10.2. The van der Waals surface area contributed by atoms with Crippen LogP contribution in [0.25, 0.3) is 0 Å². The van der Waals surface area contributed by atoms with Crippen molar-refractivity contribution in [2.45, 2.75) is 12.5 Å². The van der Waals surface area contributed by atoms with Gasteiger partial charge in [-0.3, -0.25) is 4.79 Å². The summed E-state index contributed by atoms with van der Waals surface area (Å²) in [6.07, 6.45) is 2.02. The van der Waals surface area contributed by atoms with Crippen molar-refractivity contribution in [3.63, 3.8) is 0 Å². The molecule has 1 amide bonds. The Balaban J connectivity index is 2.10. The zero-order valence-electron chi connectivity index (χ0n) is 7.63. The molecule has 0 radical (unpaired) electrons. The first-order valence-electron chi connectivity index (χ1n) is 4.36. The van der Waals surface area contributed by atoms with Gasteiger partial charge in [0.2, 0.25) is 11.2 Å². The standard InChI is InChI=1S/C8H8BrClN4O/c9-5-3-12-8(10)14-7(5)13-4-1-6(15)11-2-4/h3-4H,1-2H2,(H,11,15)(H,12,13,14). The van der Waals surface area contributed by atoms with Crippen molar-refractivity contribution in [1.82, 2.24) is 15.3 Å². The molecule has 1 aromatic rings. The van der Waals surface area contributed by atoms with Crippen LogP contribution in [0.4, 0.5) is 5.82 Å². The first-order valence-corrected chi connectivity index (χ1v) is 5.53. The molecule has 0 aliphatic carbocycles. The Bertz CT molecular complexity index is 400. The van der Waals surface area contributed by atoms with E-state index < -0.39 is 0 Å². The maximum atomic E-state index is 11.0. The summed E-state index contributed by atoms with van der Waals surface area (Å²) in [5, 5.41) is 6.02. The minimum Gasteiger partial charge on any atom is -0.364 e. The number of hydrogen-bond acceptors (Lipinski definition) is 4. The first-order chi connectivity index (χ1) is 7.15. The summed E-state index contributed by atoms with van der Waals surface area (Å²) in [6, 6.07) is 0.0553. The number of aromatic nitrogens is 2. The van der Waals surface area contributed by atoms with Gasteiger partial charge in [0.1, 0.15) is 5.82 Å². The summed E-state index contributed by atoms with van der Waals surface area (Å²) in [5.41, 5.74) is 0. The average Bonchev–Trinajstić information content (AvgIpc) is 2.58. The van der Waals surface area contributed by atoms with E-state index >= 15 is 0 Å². The summed E-state index contributed by atoms with van der Waals surface area (Å²) < 4.78 is 0.728. The van der Waals surface area contributed by atoms with Gasteiger partial charge < -0.3 is 10.6 Å². The molecule has 2 N–H and O–H groups in total. The van der Waals surface area contributed by atoms with E-state index in [1.807, 2.05) is 0 Å². The molecule has 1 aliphatic heterocycles. The third-order valence-electron chi connectivity index (χ3n) is 2.03. The fraction of sp³-hybridized carbons (Fsp3) is 0.375. The fourth-order valence-electron chi connectivity index (χ4n) is 1.35. The summed E-state index contributed by atoms with van der Waals surface area (Å²) in [4.78, 5) is 18.8. The molecule has 0 bridgehead atoms. The number of hydrogen-bond donors (Lipinski definition) is 2. The van der Waals surface area contributed by atoms with Crippen LogP contribution in [0.2, 0.25) is 5.28 Å². The third kappa shape index (κ3) is 2.57. The zero-order chi connectivity index (χ0) is 10.8. The van der Waals surface area contributed by atoms with E-state index in [1.54, 1.807) is 6.20 Å². The van der Waals surface area contributed by atoms with E-state index in [0.29, 0.717) is 18.8 Å². The van der Waals surface area contributed by atoms with Crippen LogP contribution in [0.1, 0.15) is 6.42 Å². The summed E-state index contributed by atoms with van der Waals surface area (Å²) in [7, 11) is 0. The number of halogens is 2. The first kappa shape index (κ1) is 10.6. The Morgan fingerprint density at radius 2 is 2.47 bits per heavy atom. The largest absolute Gasteiger partial charge is 0.364 e. The molecule has 1 atom stereocenters. The highest BCUT2D eigenvalue weighted by atomic mass is 79.9. The predicted molar refractivity (Wildman–Crippen MR) is 59.8 cm³/mol. The normalized spacial score (nSPS) is 20.1. The molecule has 2 rings (SSSR count). The van der Waals surface area contributed by atoms with Gasteiger partial charge in [0.25, 0.3) is 0 Å². The van der Waals surface area contributed by atoms with E-state index in [-0.39, 0.29) is 17.2 Å². The van der Waals surface area contributed by atoms with Crippen LogP contribution in [0.5, 0.6) is 0 Å². The maximum absolute atomic E-state index is 11.0. The van der Waals surface area contributed by atoms with Crippen molar-refractivity contribution >= 4 is 39.3 Å². The van der Waals surface area contributed by atoms with Crippen LogP contribution in [-0.4, -0.2) is 28.5 Å². The molecule has 7 heteroatoms. The average molecular weight is 292 g/mol. The van der Waals surface area contributed by atoms with Crippen molar-refractivity contribution in [2.24, 2.45) is 0 Å². The molecule has 1 aliphatic rings. The molecule has 1 unspecified atom stereocenters. The molecule has 0 aromatic carbocycles. The highest BCUT2D eigenvalue weighted by Crippen LogP contribution is 2.21. The number of nitrogens with zero attached hydrogens (tertiary/aromatic N) is 2. The second-order valence-corrected chi connectivity index (χ2v) is 4.38. The van der Waals surface area contributed by atoms with Crippen LogP contribution in [0.15, 0.2) is 10.7 Å². The SMILES string of the molecule is O=C1CC(Nc2nc(Cl)ncc2Br)CN1. The van der Waals surface area contributed by atoms with Gasteiger partial charge in [0.15, 0.2) is 0 Å². The lowest BCUT2D eigenvalue weighted by molar-refractivity contribution is -0.119. The minimum absolute atomic E-state index is 0.0452. The van der Waals surface area contributed by atoms with Gasteiger partial charge in [-0.25, -0.2) is 4.98 Å². The number of amides is 1. The Morgan fingerprint density at radius 3 is 3.13 bits per heavy atom. The lowest BCUT2D eigenvalue weighted by Gasteiger charge is -2.11.